The molecule has 0 bridgehead atoms. The minimum Gasteiger partial charge on any atom is -0.456 e. The molecule has 0 fully saturated rings. The average molecular weight is 974 g/mol. The number of esters is 1. The highest BCUT2D eigenvalue weighted by atomic mass is 31.2. The highest BCUT2D eigenvalue weighted by Gasteiger charge is 2.30. The molecule has 9 nitrogen and oxygen atoms in total. The number of carbonyl (C=O) groups is 2. The number of likely N-dealkylation sites (N-methyl/N-ethyl adjacent to an activating group) is 1. The van der Waals surface area contributed by atoms with Crippen molar-refractivity contribution in [1.29, 1.82) is 0 Å². The third kappa shape index (κ3) is 48.5. The van der Waals surface area contributed by atoms with E-state index in [1.54, 1.807) is 0 Å². The number of nitrogens with one attached hydrogen (secondary N) is 1. The van der Waals surface area contributed by atoms with Gasteiger partial charge in [0.25, 0.3) is 0 Å². The second kappa shape index (κ2) is 48.1. The van der Waals surface area contributed by atoms with Crippen molar-refractivity contribution in [3.05, 3.63) is 72.9 Å². The molecule has 0 spiro atoms. The van der Waals surface area contributed by atoms with Crippen molar-refractivity contribution in [2.24, 2.45) is 0 Å². The normalized spacial score (nSPS) is 14.4. The minimum absolute atomic E-state index is 0.0291. The zero-order valence-corrected chi connectivity index (χ0v) is 45.7. The van der Waals surface area contributed by atoms with Crippen LogP contribution in [0.25, 0.3) is 0 Å². The quantitative estimate of drug-likeness (QED) is 0.0156. The van der Waals surface area contributed by atoms with Crippen LogP contribution < -0.4 is 5.32 Å². The summed E-state index contributed by atoms with van der Waals surface area (Å²) in [5.74, 6) is -0.562. The maximum atomic E-state index is 13.5. The Morgan fingerprint density at radius 3 is 1.43 bits per heavy atom. The lowest BCUT2D eigenvalue weighted by molar-refractivity contribution is -0.870. The van der Waals surface area contributed by atoms with E-state index in [4.69, 9.17) is 13.8 Å². The fourth-order valence-electron chi connectivity index (χ4n) is 7.64. The summed E-state index contributed by atoms with van der Waals surface area (Å²) in [7, 11) is 1.46. The Bertz CT molecular complexity index is 1400. The van der Waals surface area contributed by atoms with Gasteiger partial charge in [0.15, 0.2) is 0 Å². The fourth-order valence-corrected chi connectivity index (χ4v) is 8.37. The fraction of sp³-hybridized carbons (Fsp3) is 0.759. The first-order chi connectivity index (χ1) is 32.9. The molecule has 0 saturated heterocycles. The SMILES string of the molecule is CC/C=C/C=C/C=C\CCCCCCCC(=O)OC(/C=C/CCCCCCCCCCCCC)C(COP(=O)(O)OCC[N+](C)(C)C)NC(=O)CCCCC/C=C/C=C/CCCCCCCCC. The van der Waals surface area contributed by atoms with E-state index in [1.807, 2.05) is 33.3 Å². The van der Waals surface area contributed by atoms with Gasteiger partial charge in [-0.05, 0) is 76.7 Å². The Morgan fingerprint density at radius 1 is 0.529 bits per heavy atom. The van der Waals surface area contributed by atoms with Crippen molar-refractivity contribution >= 4 is 19.7 Å². The number of phosphoric acid groups is 1. The van der Waals surface area contributed by atoms with Gasteiger partial charge in [0.2, 0.25) is 5.91 Å². The topological polar surface area (TPSA) is 111 Å². The van der Waals surface area contributed by atoms with Gasteiger partial charge in [-0.15, -0.1) is 0 Å². The number of amides is 1. The molecule has 0 heterocycles. The van der Waals surface area contributed by atoms with E-state index >= 15 is 0 Å². The molecule has 3 atom stereocenters. The molecule has 2 N–H and O–H groups in total. The highest BCUT2D eigenvalue weighted by Crippen LogP contribution is 2.43. The van der Waals surface area contributed by atoms with Crippen LogP contribution in [0.1, 0.15) is 233 Å². The first-order valence-corrected chi connectivity index (χ1v) is 29.3. The van der Waals surface area contributed by atoms with Crippen molar-refractivity contribution < 1.29 is 37.3 Å². The predicted octanol–water partition coefficient (Wildman–Crippen LogP) is 16.5. The summed E-state index contributed by atoms with van der Waals surface area (Å²) < 4.78 is 30.5. The van der Waals surface area contributed by atoms with E-state index in [9.17, 15) is 19.0 Å². The van der Waals surface area contributed by atoms with Crippen molar-refractivity contribution in [2.75, 3.05) is 40.9 Å². The maximum Gasteiger partial charge on any atom is 0.472 e. The molecule has 0 radical (unpaired) electrons. The molecule has 0 saturated carbocycles. The van der Waals surface area contributed by atoms with Gasteiger partial charge in [0, 0.05) is 12.8 Å². The Hall–Kier alpha value is -2.55. The van der Waals surface area contributed by atoms with Gasteiger partial charge in [-0.25, -0.2) is 4.57 Å². The second-order valence-corrected chi connectivity index (χ2v) is 21.3. The molecule has 10 heteroatoms. The number of quaternary nitrogens is 1. The van der Waals surface area contributed by atoms with Gasteiger partial charge in [-0.1, -0.05) is 216 Å². The van der Waals surface area contributed by atoms with Crippen LogP contribution in [0, 0.1) is 0 Å². The van der Waals surface area contributed by atoms with Gasteiger partial charge >= 0.3 is 13.8 Å². The van der Waals surface area contributed by atoms with E-state index < -0.39 is 20.0 Å². The van der Waals surface area contributed by atoms with Crippen molar-refractivity contribution in [3.8, 4) is 0 Å². The number of nitrogens with zero attached hydrogens (tertiary/aromatic N) is 1. The standard InChI is InChI=1S/C58H105N2O7P/c1-7-10-13-16-19-22-25-28-29-30-33-35-38-41-44-47-50-57(61)59-55(54-66-68(63,64)65-53-52-60(4,5)6)56(49-46-43-40-37-34-31-26-23-20-17-14-11-8-2)67-58(62)51-48-45-42-39-36-32-27-24-21-18-15-12-9-3/h12,15,18,21,24,27,29-30,33,35,46,49,55-56H,7-11,13-14,16-17,19-20,22-23,25-26,28,31-32,34,36-45,47-48,50-54H2,1-6H3,(H-,59,61,63,64)/p+1/b15-12+,21-18+,27-24-,30-29+,35-33+,49-46+. The summed E-state index contributed by atoms with van der Waals surface area (Å²) in [6.45, 7) is 6.83. The Balaban J connectivity index is 5.48. The molecule has 394 valence electrons. The Labute approximate surface area is 419 Å². The van der Waals surface area contributed by atoms with Crippen LogP contribution in [0.5, 0.6) is 0 Å². The zero-order chi connectivity index (χ0) is 50.1. The molecule has 0 aliphatic heterocycles. The summed E-state index contributed by atoms with van der Waals surface area (Å²) in [4.78, 5) is 37.5. The van der Waals surface area contributed by atoms with E-state index in [1.165, 1.54) is 103 Å². The number of carbonyl (C=O) groups excluding carboxylic acids is 2. The zero-order valence-electron chi connectivity index (χ0n) is 44.8. The molecule has 0 aromatic heterocycles. The number of ether oxygens (including phenoxy) is 1. The average Bonchev–Trinajstić information content (AvgIpc) is 3.29. The first kappa shape index (κ1) is 65.5. The predicted molar refractivity (Wildman–Crippen MR) is 291 cm³/mol. The van der Waals surface area contributed by atoms with Gasteiger partial charge < -0.3 is 19.4 Å². The number of hydrogen-bond acceptors (Lipinski definition) is 6. The van der Waals surface area contributed by atoms with Crippen LogP contribution in [-0.4, -0.2) is 74.3 Å². The third-order valence-electron chi connectivity index (χ3n) is 12.0. The van der Waals surface area contributed by atoms with Crippen molar-refractivity contribution in [1.82, 2.24) is 5.32 Å². The van der Waals surface area contributed by atoms with Crippen LogP contribution in [0.15, 0.2) is 72.9 Å². The van der Waals surface area contributed by atoms with Gasteiger partial charge in [0.05, 0.1) is 33.8 Å². The number of hydrogen-bond donors (Lipinski definition) is 2. The van der Waals surface area contributed by atoms with Crippen molar-refractivity contribution in [2.45, 2.75) is 245 Å². The third-order valence-corrected chi connectivity index (χ3v) is 13.0. The number of allylic oxidation sites excluding steroid dienone is 11. The lowest BCUT2D eigenvalue weighted by atomic mass is 10.0. The molecule has 0 aliphatic carbocycles. The second-order valence-electron chi connectivity index (χ2n) is 19.8. The van der Waals surface area contributed by atoms with Crippen LogP contribution in [0.2, 0.25) is 0 Å². The number of unbranched alkanes of at least 4 members (excludes halogenated alkanes) is 26. The van der Waals surface area contributed by atoms with Crippen LogP contribution in [-0.2, 0) is 27.9 Å². The van der Waals surface area contributed by atoms with Gasteiger partial charge in [-0.2, -0.15) is 0 Å². The lowest BCUT2D eigenvalue weighted by Crippen LogP contribution is -2.47. The molecule has 0 rings (SSSR count). The number of phosphoric ester groups is 1. The van der Waals surface area contributed by atoms with Crippen LogP contribution in [0.4, 0.5) is 0 Å². The molecular formula is C58H106N2O7P+. The van der Waals surface area contributed by atoms with E-state index in [-0.39, 0.29) is 31.5 Å². The first-order valence-electron chi connectivity index (χ1n) is 27.8. The monoisotopic (exact) mass is 974 g/mol. The van der Waals surface area contributed by atoms with Crippen molar-refractivity contribution in [3.63, 3.8) is 0 Å². The summed E-state index contributed by atoms with van der Waals surface area (Å²) in [6.07, 6.45) is 60.4. The molecule has 68 heavy (non-hydrogen) atoms. The Morgan fingerprint density at radius 2 is 0.941 bits per heavy atom. The largest absolute Gasteiger partial charge is 0.472 e. The van der Waals surface area contributed by atoms with Gasteiger partial charge in [0.1, 0.15) is 19.3 Å². The number of rotatable bonds is 49. The molecule has 0 aromatic carbocycles. The highest BCUT2D eigenvalue weighted by molar-refractivity contribution is 7.47. The smallest absolute Gasteiger partial charge is 0.456 e. The minimum atomic E-state index is -4.46. The molecule has 1 amide bonds. The van der Waals surface area contributed by atoms with E-state index in [0.29, 0.717) is 30.3 Å². The summed E-state index contributed by atoms with van der Waals surface area (Å²) >= 11 is 0. The van der Waals surface area contributed by atoms with E-state index in [2.05, 4.69) is 86.8 Å². The van der Waals surface area contributed by atoms with Crippen LogP contribution >= 0.6 is 7.82 Å². The molecular weight excluding hydrogens is 868 g/mol. The molecule has 0 aromatic rings. The summed E-state index contributed by atoms with van der Waals surface area (Å²) in [6, 6.07) is -0.871. The lowest BCUT2D eigenvalue weighted by Gasteiger charge is -2.27. The van der Waals surface area contributed by atoms with Crippen LogP contribution in [0.3, 0.4) is 0 Å². The van der Waals surface area contributed by atoms with E-state index in [0.717, 1.165) is 83.5 Å². The Kier molecular flexibility index (Phi) is 46.3. The van der Waals surface area contributed by atoms with Gasteiger partial charge in [-0.3, -0.25) is 18.6 Å². The maximum absolute atomic E-state index is 13.5. The molecule has 3 unspecified atom stereocenters. The molecule has 0 aliphatic rings. The summed E-state index contributed by atoms with van der Waals surface area (Å²) in [5, 5.41) is 3.02. The summed E-state index contributed by atoms with van der Waals surface area (Å²) in [5.41, 5.74) is 0.